The van der Waals surface area contributed by atoms with Gasteiger partial charge >= 0.3 is 0 Å². The highest BCUT2D eigenvalue weighted by atomic mass is 15.2. The molecule has 1 aromatic heterocycles. The third-order valence-electron chi connectivity index (χ3n) is 3.12. The van der Waals surface area contributed by atoms with Crippen LogP contribution in [-0.4, -0.2) is 29.0 Å². The molecule has 2 N–H and O–H groups in total. The molecule has 2 unspecified atom stereocenters. The lowest BCUT2D eigenvalue weighted by molar-refractivity contribution is 0.318. The van der Waals surface area contributed by atoms with Crippen molar-refractivity contribution in [1.82, 2.24) is 9.88 Å². The van der Waals surface area contributed by atoms with Crippen LogP contribution >= 0.6 is 0 Å². The van der Waals surface area contributed by atoms with Gasteiger partial charge in [0, 0.05) is 37.6 Å². The second-order valence-electron chi connectivity index (χ2n) is 4.64. The highest BCUT2D eigenvalue weighted by molar-refractivity contribution is 5.13. The Hall–Kier alpha value is -0.930. The summed E-state index contributed by atoms with van der Waals surface area (Å²) in [5.41, 5.74) is 8.34. The summed E-state index contributed by atoms with van der Waals surface area (Å²) in [5.74, 6) is 0.614. The zero-order valence-electron chi connectivity index (χ0n) is 9.48. The topological polar surface area (TPSA) is 42.1 Å². The summed E-state index contributed by atoms with van der Waals surface area (Å²) in [6.45, 7) is 7.32. The fraction of sp³-hybridized carbons (Fsp3) is 0.583. The van der Waals surface area contributed by atoms with Crippen LogP contribution in [0.4, 0.5) is 0 Å². The Morgan fingerprint density at radius 2 is 2.27 bits per heavy atom. The van der Waals surface area contributed by atoms with Gasteiger partial charge in [-0.2, -0.15) is 0 Å². The van der Waals surface area contributed by atoms with Crippen LogP contribution < -0.4 is 5.73 Å². The van der Waals surface area contributed by atoms with Crippen LogP contribution in [0.1, 0.15) is 18.2 Å². The molecule has 0 amide bonds. The summed E-state index contributed by atoms with van der Waals surface area (Å²) in [4.78, 5) is 6.71. The van der Waals surface area contributed by atoms with Gasteiger partial charge in [0.2, 0.25) is 0 Å². The minimum atomic E-state index is 0.336. The molecule has 0 bridgehead atoms. The van der Waals surface area contributed by atoms with Gasteiger partial charge in [0.25, 0.3) is 0 Å². The third kappa shape index (κ3) is 2.55. The van der Waals surface area contributed by atoms with Crippen molar-refractivity contribution in [3.8, 4) is 0 Å². The van der Waals surface area contributed by atoms with Crippen molar-refractivity contribution in [2.75, 3.05) is 13.1 Å². The zero-order valence-corrected chi connectivity index (χ0v) is 9.48. The van der Waals surface area contributed by atoms with Gasteiger partial charge in [-0.05, 0) is 24.5 Å². The van der Waals surface area contributed by atoms with Gasteiger partial charge in [0.05, 0.1) is 0 Å². The van der Waals surface area contributed by atoms with Crippen molar-refractivity contribution in [1.29, 1.82) is 0 Å². The maximum absolute atomic E-state index is 5.99. The number of hydrogen-bond acceptors (Lipinski definition) is 3. The molecule has 1 fully saturated rings. The van der Waals surface area contributed by atoms with E-state index < -0.39 is 0 Å². The van der Waals surface area contributed by atoms with Crippen LogP contribution in [0.25, 0.3) is 0 Å². The van der Waals surface area contributed by atoms with Gasteiger partial charge in [-0.3, -0.25) is 9.88 Å². The average molecular weight is 205 g/mol. The number of nitrogens with two attached hydrogens (primary N) is 1. The first kappa shape index (κ1) is 10.6. The fourth-order valence-corrected chi connectivity index (χ4v) is 2.07. The first-order valence-electron chi connectivity index (χ1n) is 5.54. The van der Waals surface area contributed by atoms with E-state index in [1.54, 1.807) is 0 Å². The van der Waals surface area contributed by atoms with Gasteiger partial charge in [0.1, 0.15) is 0 Å². The Balaban J connectivity index is 1.95. The summed E-state index contributed by atoms with van der Waals surface area (Å²) in [5, 5.41) is 0. The van der Waals surface area contributed by atoms with Crippen LogP contribution in [0, 0.1) is 12.8 Å². The normalized spacial score (nSPS) is 27.1. The molecule has 1 aliphatic heterocycles. The molecule has 2 atom stereocenters. The monoisotopic (exact) mass is 205 g/mol. The van der Waals surface area contributed by atoms with Crippen molar-refractivity contribution in [2.24, 2.45) is 11.7 Å². The number of aromatic nitrogens is 1. The zero-order chi connectivity index (χ0) is 10.8. The van der Waals surface area contributed by atoms with Crippen molar-refractivity contribution >= 4 is 0 Å². The molecule has 82 valence electrons. The standard InChI is InChI=1S/C12H19N3/c1-9-6-15(8-12(9)13)7-11-4-3-10(2)14-5-11/h3-5,9,12H,6-8,13H2,1-2H3. The quantitative estimate of drug-likeness (QED) is 0.788. The molecule has 2 heterocycles. The molecular weight excluding hydrogens is 186 g/mol. The lowest BCUT2D eigenvalue weighted by Gasteiger charge is -2.14. The Morgan fingerprint density at radius 3 is 2.80 bits per heavy atom. The molecule has 15 heavy (non-hydrogen) atoms. The summed E-state index contributed by atoms with van der Waals surface area (Å²) in [6, 6.07) is 4.55. The SMILES string of the molecule is Cc1ccc(CN2CC(C)C(N)C2)cn1. The minimum absolute atomic E-state index is 0.336. The largest absolute Gasteiger partial charge is 0.326 e. The molecule has 1 aromatic rings. The highest BCUT2D eigenvalue weighted by Gasteiger charge is 2.26. The van der Waals surface area contributed by atoms with Gasteiger partial charge in [-0.25, -0.2) is 0 Å². The van der Waals surface area contributed by atoms with Crippen LogP contribution in [0.3, 0.4) is 0 Å². The Morgan fingerprint density at radius 1 is 1.47 bits per heavy atom. The van der Waals surface area contributed by atoms with Crippen LogP contribution in [-0.2, 0) is 6.54 Å². The predicted octanol–water partition coefficient (Wildman–Crippen LogP) is 1.17. The molecule has 0 spiro atoms. The van der Waals surface area contributed by atoms with E-state index in [0.29, 0.717) is 12.0 Å². The number of hydrogen-bond donors (Lipinski definition) is 1. The van der Waals surface area contributed by atoms with E-state index in [4.69, 9.17) is 5.73 Å². The molecule has 3 heteroatoms. The molecular formula is C12H19N3. The average Bonchev–Trinajstić information content (AvgIpc) is 2.50. The number of nitrogens with zero attached hydrogens (tertiary/aromatic N) is 2. The Labute approximate surface area is 91.3 Å². The summed E-state index contributed by atoms with van der Waals surface area (Å²) >= 11 is 0. The lowest BCUT2D eigenvalue weighted by Crippen LogP contribution is -2.28. The molecule has 0 radical (unpaired) electrons. The Kier molecular flexibility index (Phi) is 3.03. The molecule has 1 saturated heterocycles. The number of aryl methyl sites for hydroxylation is 1. The first-order valence-corrected chi connectivity index (χ1v) is 5.54. The van der Waals surface area contributed by atoms with Crippen LogP contribution in [0.2, 0.25) is 0 Å². The van der Waals surface area contributed by atoms with Gasteiger partial charge in [-0.15, -0.1) is 0 Å². The smallest absolute Gasteiger partial charge is 0.0372 e. The fourth-order valence-electron chi connectivity index (χ4n) is 2.07. The molecule has 0 saturated carbocycles. The van der Waals surface area contributed by atoms with E-state index in [9.17, 15) is 0 Å². The second-order valence-corrected chi connectivity index (χ2v) is 4.64. The van der Waals surface area contributed by atoms with Crippen LogP contribution in [0.5, 0.6) is 0 Å². The maximum Gasteiger partial charge on any atom is 0.0372 e. The van der Waals surface area contributed by atoms with Gasteiger partial charge in [0.15, 0.2) is 0 Å². The summed E-state index contributed by atoms with van der Waals surface area (Å²) < 4.78 is 0. The molecule has 3 nitrogen and oxygen atoms in total. The predicted molar refractivity (Wildman–Crippen MR) is 61.4 cm³/mol. The number of pyridine rings is 1. The lowest BCUT2D eigenvalue weighted by atomic mass is 10.1. The van der Waals surface area contributed by atoms with Crippen molar-refractivity contribution < 1.29 is 0 Å². The molecule has 0 aliphatic carbocycles. The van der Waals surface area contributed by atoms with E-state index in [2.05, 4.69) is 28.9 Å². The van der Waals surface area contributed by atoms with Crippen molar-refractivity contribution in [3.63, 3.8) is 0 Å². The molecule has 0 aromatic carbocycles. The van der Waals surface area contributed by atoms with E-state index in [1.807, 2.05) is 13.1 Å². The second kappa shape index (κ2) is 4.29. The highest BCUT2D eigenvalue weighted by Crippen LogP contribution is 2.16. The van der Waals surface area contributed by atoms with Crippen LogP contribution in [0.15, 0.2) is 18.3 Å². The van der Waals surface area contributed by atoms with Gasteiger partial charge < -0.3 is 5.73 Å². The van der Waals surface area contributed by atoms with Crippen molar-refractivity contribution in [3.05, 3.63) is 29.6 Å². The summed E-state index contributed by atoms with van der Waals surface area (Å²) in [7, 11) is 0. The van der Waals surface area contributed by atoms with Crippen molar-refractivity contribution in [2.45, 2.75) is 26.4 Å². The number of rotatable bonds is 2. The molecule has 2 rings (SSSR count). The minimum Gasteiger partial charge on any atom is -0.326 e. The Bertz CT molecular complexity index is 310. The maximum atomic E-state index is 5.99. The summed E-state index contributed by atoms with van der Waals surface area (Å²) in [6.07, 6.45) is 1.96. The van der Waals surface area contributed by atoms with E-state index in [1.165, 1.54) is 5.56 Å². The third-order valence-corrected chi connectivity index (χ3v) is 3.12. The van der Waals surface area contributed by atoms with E-state index >= 15 is 0 Å². The van der Waals surface area contributed by atoms with Gasteiger partial charge in [-0.1, -0.05) is 13.0 Å². The first-order chi connectivity index (χ1) is 7.15. The van der Waals surface area contributed by atoms with E-state index in [-0.39, 0.29) is 0 Å². The van der Waals surface area contributed by atoms with E-state index in [0.717, 1.165) is 25.3 Å². The molecule has 1 aliphatic rings. The number of likely N-dealkylation sites (tertiary alicyclic amines) is 1.